The Kier molecular flexibility index (Phi) is 9.46. The van der Waals surface area contributed by atoms with Gasteiger partial charge >= 0.3 is 0 Å². The van der Waals surface area contributed by atoms with E-state index in [0.717, 1.165) is 13.0 Å². The summed E-state index contributed by atoms with van der Waals surface area (Å²) in [5.41, 5.74) is 0.107. The van der Waals surface area contributed by atoms with E-state index in [-0.39, 0.29) is 36.0 Å². The highest BCUT2D eigenvalue weighted by Crippen LogP contribution is 2.11. The normalized spacial score (nSPS) is 10.8. The topological polar surface area (TPSA) is 36.4 Å². The molecule has 19 heavy (non-hydrogen) atoms. The number of guanidine groups is 1. The number of halogens is 3. The van der Waals surface area contributed by atoms with Crippen LogP contribution in [0, 0.1) is 11.6 Å². The fourth-order valence-electron chi connectivity index (χ4n) is 1.54. The Balaban J connectivity index is 0.00000324. The van der Waals surface area contributed by atoms with E-state index in [1.165, 1.54) is 18.2 Å². The van der Waals surface area contributed by atoms with E-state index in [1.54, 1.807) is 7.05 Å². The molecule has 2 N–H and O–H groups in total. The third kappa shape index (κ3) is 6.17. The fourth-order valence-corrected chi connectivity index (χ4v) is 1.54. The fraction of sp³-hybridized carbons (Fsp3) is 0.462. The lowest BCUT2D eigenvalue weighted by Gasteiger charge is -2.11. The van der Waals surface area contributed by atoms with Crippen molar-refractivity contribution in [3.8, 4) is 0 Å². The monoisotopic (exact) mass is 383 g/mol. The summed E-state index contributed by atoms with van der Waals surface area (Å²) in [5.74, 6) is -0.366. The predicted molar refractivity (Wildman–Crippen MR) is 85.1 cm³/mol. The van der Waals surface area contributed by atoms with Gasteiger partial charge in [0.15, 0.2) is 5.96 Å². The van der Waals surface area contributed by atoms with Crippen LogP contribution in [0.3, 0.4) is 0 Å². The second-order valence-corrected chi connectivity index (χ2v) is 3.88. The molecule has 0 fully saturated rings. The summed E-state index contributed by atoms with van der Waals surface area (Å²) in [4.78, 5) is 4.01. The van der Waals surface area contributed by atoms with Crippen molar-refractivity contribution in [1.29, 1.82) is 0 Å². The Morgan fingerprint density at radius 3 is 2.26 bits per heavy atom. The zero-order valence-corrected chi connectivity index (χ0v) is 13.5. The average Bonchev–Trinajstić information content (AvgIpc) is 2.36. The van der Waals surface area contributed by atoms with Crippen molar-refractivity contribution >= 4 is 29.9 Å². The molecule has 0 aliphatic carbocycles. The van der Waals surface area contributed by atoms with E-state index in [2.05, 4.69) is 22.5 Å². The largest absolute Gasteiger partial charge is 0.356 e. The van der Waals surface area contributed by atoms with E-state index < -0.39 is 11.6 Å². The molecule has 1 rings (SSSR count). The molecule has 0 heterocycles. The maximum absolute atomic E-state index is 13.3. The SMILES string of the molecule is CCCNC(=NC)NCCc1c(F)cccc1F.I. The van der Waals surface area contributed by atoms with Gasteiger partial charge in [0.1, 0.15) is 11.6 Å². The van der Waals surface area contributed by atoms with Crippen molar-refractivity contribution in [3.05, 3.63) is 35.4 Å². The lowest BCUT2D eigenvalue weighted by Crippen LogP contribution is -2.38. The molecule has 1 aromatic rings. The highest BCUT2D eigenvalue weighted by Gasteiger charge is 2.07. The quantitative estimate of drug-likeness (QED) is 0.466. The summed E-state index contributed by atoms with van der Waals surface area (Å²) in [5, 5.41) is 6.10. The Hall–Kier alpha value is -0.920. The van der Waals surface area contributed by atoms with Gasteiger partial charge in [-0.15, -0.1) is 24.0 Å². The minimum Gasteiger partial charge on any atom is -0.356 e. The molecule has 0 radical (unpaired) electrons. The van der Waals surface area contributed by atoms with Crippen molar-refractivity contribution in [2.45, 2.75) is 19.8 Å². The zero-order chi connectivity index (χ0) is 13.4. The highest BCUT2D eigenvalue weighted by molar-refractivity contribution is 14.0. The Labute approximate surface area is 129 Å². The molecule has 108 valence electrons. The van der Waals surface area contributed by atoms with Gasteiger partial charge in [-0.2, -0.15) is 0 Å². The van der Waals surface area contributed by atoms with Crippen LogP contribution in [-0.2, 0) is 6.42 Å². The lowest BCUT2D eigenvalue weighted by molar-refractivity contribution is 0.553. The van der Waals surface area contributed by atoms with E-state index >= 15 is 0 Å². The molecule has 0 amide bonds. The maximum atomic E-state index is 13.3. The molecule has 0 atom stereocenters. The summed E-state index contributed by atoms with van der Waals surface area (Å²) in [7, 11) is 1.66. The van der Waals surface area contributed by atoms with Gasteiger partial charge in [0.05, 0.1) is 0 Å². The van der Waals surface area contributed by atoms with Gasteiger partial charge in [0.25, 0.3) is 0 Å². The molecule has 0 aromatic heterocycles. The van der Waals surface area contributed by atoms with Gasteiger partial charge < -0.3 is 10.6 Å². The van der Waals surface area contributed by atoms with Crippen LogP contribution in [0.2, 0.25) is 0 Å². The summed E-state index contributed by atoms with van der Waals surface area (Å²) in [6.45, 7) is 3.30. The van der Waals surface area contributed by atoms with E-state index in [4.69, 9.17) is 0 Å². The molecular formula is C13H20F2IN3. The van der Waals surface area contributed by atoms with Gasteiger partial charge in [0, 0.05) is 25.7 Å². The number of aliphatic imine (C=N–C) groups is 1. The Morgan fingerprint density at radius 2 is 1.74 bits per heavy atom. The van der Waals surface area contributed by atoms with Crippen LogP contribution >= 0.6 is 24.0 Å². The third-order valence-electron chi connectivity index (χ3n) is 2.50. The van der Waals surface area contributed by atoms with Crippen LogP contribution in [0.4, 0.5) is 8.78 Å². The summed E-state index contributed by atoms with van der Waals surface area (Å²) in [6, 6.07) is 3.90. The van der Waals surface area contributed by atoms with E-state index in [0.29, 0.717) is 12.5 Å². The molecule has 0 aliphatic rings. The van der Waals surface area contributed by atoms with E-state index in [9.17, 15) is 8.78 Å². The van der Waals surface area contributed by atoms with Crippen molar-refractivity contribution in [2.75, 3.05) is 20.1 Å². The van der Waals surface area contributed by atoms with Gasteiger partial charge in [-0.3, -0.25) is 4.99 Å². The van der Waals surface area contributed by atoms with Crippen LogP contribution in [0.1, 0.15) is 18.9 Å². The van der Waals surface area contributed by atoms with Crippen molar-refractivity contribution in [2.24, 2.45) is 4.99 Å². The molecule has 0 spiro atoms. The third-order valence-corrected chi connectivity index (χ3v) is 2.50. The average molecular weight is 383 g/mol. The van der Waals surface area contributed by atoms with Gasteiger partial charge in [-0.05, 0) is 25.0 Å². The summed E-state index contributed by atoms with van der Waals surface area (Å²) < 4.78 is 26.7. The van der Waals surface area contributed by atoms with Gasteiger partial charge in [0.2, 0.25) is 0 Å². The first kappa shape index (κ1) is 18.1. The molecule has 0 unspecified atom stereocenters. The Morgan fingerprint density at radius 1 is 1.16 bits per heavy atom. The number of nitrogens with zero attached hydrogens (tertiary/aromatic N) is 1. The number of benzene rings is 1. The highest BCUT2D eigenvalue weighted by atomic mass is 127. The minimum absolute atomic E-state index is 0. The number of rotatable bonds is 5. The first-order valence-electron chi connectivity index (χ1n) is 6.06. The standard InChI is InChI=1S/C13H19F2N3.HI/c1-3-8-17-13(16-2)18-9-7-10-11(14)5-4-6-12(10)15;/h4-6H,3,7-9H2,1-2H3,(H2,16,17,18);1H. The van der Waals surface area contributed by atoms with Crippen molar-refractivity contribution in [3.63, 3.8) is 0 Å². The second-order valence-electron chi connectivity index (χ2n) is 3.88. The molecule has 0 saturated carbocycles. The molecular weight excluding hydrogens is 363 g/mol. The van der Waals surface area contributed by atoms with Gasteiger partial charge in [-0.25, -0.2) is 8.78 Å². The molecule has 0 saturated heterocycles. The van der Waals surface area contributed by atoms with E-state index in [1.807, 2.05) is 0 Å². The Bertz CT molecular complexity index is 391. The van der Waals surface area contributed by atoms with Crippen molar-refractivity contribution in [1.82, 2.24) is 10.6 Å². The maximum Gasteiger partial charge on any atom is 0.190 e. The van der Waals surface area contributed by atoms with Crippen LogP contribution in [0.5, 0.6) is 0 Å². The van der Waals surface area contributed by atoms with Crippen LogP contribution in [0.25, 0.3) is 0 Å². The van der Waals surface area contributed by atoms with Crippen LogP contribution in [-0.4, -0.2) is 26.1 Å². The van der Waals surface area contributed by atoms with Crippen molar-refractivity contribution < 1.29 is 8.78 Å². The predicted octanol–water partition coefficient (Wildman–Crippen LogP) is 2.70. The number of nitrogens with one attached hydrogen (secondary N) is 2. The summed E-state index contributed by atoms with van der Waals surface area (Å²) in [6.07, 6.45) is 1.27. The molecule has 0 bridgehead atoms. The molecule has 6 heteroatoms. The van der Waals surface area contributed by atoms with Crippen LogP contribution < -0.4 is 10.6 Å². The zero-order valence-electron chi connectivity index (χ0n) is 11.2. The molecule has 3 nitrogen and oxygen atoms in total. The number of hydrogen-bond donors (Lipinski definition) is 2. The second kappa shape index (κ2) is 9.94. The first-order chi connectivity index (χ1) is 8.69. The lowest BCUT2D eigenvalue weighted by atomic mass is 10.1. The summed E-state index contributed by atoms with van der Waals surface area (Å²) >= 11 is 0. The van der Waals surface area contributed by atoms with Gasteiger partial charge in [-0.1, -0.05) is 13.0 Å². The molecule has 1 aromatic carbocycles. The first-order valence-corrected chi connectivity index (χ1v) is 6.06. The molecule has 0 aliphatic heterocycles. The van der Waals surface area contributed by atoms with Crippen LogP contribution in [0.15, 0.2) is 23.2 Å². The smallest absolute Gasteiger partial charge is 0.190 e. The number of hydrogen-bond acceptors (Lipinski definition) is 1. The minimum atomic E-state index is -0.506.